The Balaban J connectivity index is 1.81. The first-order valence-corrected chi connectivity index (χ1v) is 10.5. The van der Waals surface area contributed by atoms with E-state index in [1.807, 2.05) is 41.1 Å². The number of nitrogens with zero attached hydrogens (tertiary/aromatic N) is 3. The van der Waals surface area contributed by atoms with Gasteiger partial charge in [-0.1, -0.05) is 29.4 Å². The molecule has 0 aliphatic rings. The van der Waals surface area contributed by atoms with Crippen molar-refractivity contribution in [2.75, 3.05) is 0 Å². The Kier molecular flexibility index (Phi) is 5.29. The molecule has 0 bridgehead atoms. The summed E-state index contributed by atoms with van der Waals surface area (Å²) in [5.74, 6) is 0.459. The molecule has 27 heavy (non-hydrogen) atoms. The minimum absolute atomic E-state index is 0.267. The lowest BCUT2D eigenvalue weighted by Gasteiger charge is -2.13. The topological polar surface area (TPSA) is 30.7 Å². The maximum atomic E-state index is 13.9. The third kappa shape index (κ3) is 3.93. The van der Waals surface area contributed by atoms with Crippen LogP contribution in [-0.4, -0.2) is 14.5 Å². The van der Waals surface area contributed by atoms with Gasteiger partial charge in [0.2, 0.25) is 0 Å². The molecular weight excluding hydrogens is 401 g/mol. The van der Waals surface area contributed by atoms with Gasteiger partial charge in [0.1, 0.15) is 10.8 Å². The number of benzene rings is 2. The van der Waals surface area contributed by atoms with Gasteiger partial charge in [0.25, 0.3) is 0 Å². The molecule has 0 aliphatic carbocycles. The lowest BCUT2D eigenvalue weighted by Crippen LogP contribution is -2.00. The number of rotatable bonds is 5. The largest absolute Gasteiger partial charge is 0.287 e. The fourth-order valence-corrected chi connectivity index (χ4v) is 4.55. The Hall–Kier alpha value is -2.15. The van der Waals surface area contributed by atoms with Crippen LogP contribution in [0, 0.1) is 12.7 Å². The van der Waals surface area contributed by atoms with Gasteiger partial charge in [0.15, 0.2) is 5.16 Å². The van der Waals surface area contributed by atoms with Crippen LogP contribution >= 0.6 is 34.7 Å². The van der Waals surface area contributed by atoms with Gasteiger partial charge in [-0.05, 0) is 48.9 Å². The van der Waals surface area contributed by atoms with E-state index < -0.39 is 0 Å². The number of thiazole rings is 1. The van der Waals surface area contributed by atoms with E-state index in [1.54, 1.807) is 47.6 Å². The predicted molar refractivity (Wildman–Crippen MR) is 110 cm³/mol. The fraction of sp³-hybridized carbons (Fsp3) is 0.100. The van der Waals surface area contributed by atoms with Crippen molar-refractivity contribution in [2.24, 2.45) is 0 Å². The Morgan fingerprint density at radius 2 is 1.96 bits per heavy atom. The molecule has 3 nitrogen and oxygen atoms in total. The molecule has 0 spiro atoms. The van der Waals surface area contributed by atoms with Crippen molar-refractivity contribution >= 4 is 34.7 Å². The van der Waals surface area contributed by atoms with E-state index in [2.05, 4.69) is 9.97 Å². The second-order valence-corrected chi connectivity index (χ2v) is 8.27. The monoisotopic (exact) mass is 415 g/mol. The molecule has 2 heterocycles. The molecule has 0 amide bonds. The number of aryl methyl sites for hydroxylation is 1. The number of hydrogen-bond acceptors (Lipinski definition) is 4. The third-order valence-corrected chi connectivity index (χ3v) is 6.28. The summed E-state index contributed by atoms with van der Waals surface area (Å²) in [6.45, 7) is 1.97. The van der Waals surface area contributed by atoms with E-state index in [0.717, 1.165) is 38.4 Å². The summed E-state index contributed by atoms with van der Waals surface area (Å²) >= 11 is 9.28. The number of hydrogen-bond donors (Lipinski definition) is 0. The van der Waals surface area contributed by atoms with E-state index in [0.29, 0.717) is 5.02 Å². The lowest BCUT2D eigenvalue weighted by molar-refractivity contribution is 0.627. The van der Waals surface area contributed by atoms with Crippen molar-refractivity contribution in [2.45, 2.75) is 17.8 Å². The van der Waals surface area contributed by atoms with Crippen LogP contribution in [0.5, 0.6) is 0 Å². The molecule has 7 heteroatoms. The summed E-state index contributed by atoms with van der Waals surface area (Å²) in [7, 11) is 0. The SMILES string of the molecule is Cc1ccc(F)cc1-c1cnc(SCc2nccs2)n1-c1ccc(Cl)cc1. The first-order valence-electron chi connectivity index (χ1n) is 8.23. The highest BCUT2D eigenvalue weighted by atomic mass is 35.5. The fourth-order valence-electron chi connectivity index (χ4n) is 2.79. The molecule has 0 radical (unpaired) electrons. The predicted octanol–water partition coefficient (Wildman–Crippen LogP) is 6.39. The average Bonchev–Trinajstić information content (AvgIpc) is 3.32. The molecule has 4 rings (SSSR count). The zero-order chi connectivity index (χ0) is 18.8. The van der Waals surface area contributed by atoms with Crippen LogP contribution in [0.15, 0.2) is 65.4 Å². The Bertz CT molecular complexity index is 1060. The number of imidazole rings is 1. The highest BCUT2D eigenvalue weighted by Gasteiger charge is 2.16. The number of halogens is 2. The van der Waals surface area contributed by atoms with Crippen LogP contribution in [0.1, 0.15) is 10.6 Å². The van der Waals surface area contributed by atoms with Crippen LogP contribution in [0.4, 0.5) is 4.39 Å². The second-order valence-electron chi connectivity index (χ2n) is 5.91. The maximum absolute atomic E-state index is 13.9. The van der Waals surface area contributed by atoms with Gasteiger partial charge < -0.3 is 0 Å². The van der Waals surface area contributed by atoms with E-state index in [1.165, 1.54) is 6.07 Å². The molecule has 0 saturated carbocycles. The first kappa shape index (κ1) is 18.2. The Morgan fingerprint density at radius 1 is 1.15 bits per heavy atom. The molecule has 2 aromatic carbocycles. The van der Waals surface area contributed by atoms with E-state index in [9.17, 15) is 4.39 Å². The molecule has 0 aliphatic heterocycles. The third-order valence-electron chi connectivity index (χ3n) is 4.10. The lowest BCUT2D eigenvalue weighted by atomic mass is 10.1. The molecule has 0 N–H and O–H groups in total. The summed E-state index contributed by atoms with van der Waals surface area (Å²) in [5.41, 5.74) is 3.58. The minimum atomic E-state index is -0.267. The second kappa shape index (κ2) is 7.84. The van der Waals surface area contributed by atoms with Crippen LogP contribution in [-0.2, 0) is 5.75 Å². The number of thioether (sulfide) groups is 1. The van der Waals surface area contributed by atoms with Crippen LogP contribution in [0.25, 0.3) is 16.9 Å². The zero-order valence-electron chi connectivity index (χ0n) is 14.4. The highest BCUT2D eigenvalue weighted by Crippen LogP contribution is 2.33. The van der Waals surface area contributed by atoms with Crippen LogP contribution < -0.4 is 0 Å². The molecule has 4 aromatic rings. The molecule has 0 saturated heterocycles. The van der Waals surface area contributed by atoms with Crippen molar-refractivity contribution in [3.63, 3.8) is 0 Å². The van der Waals surface area contributed by atoms with Crippen LogP contribution in [0.2, 0.25) is 5.02 Å². The van der Waals surface area contributed by atoms with Gasteiger partial charge in [0, 0.05) is 27.9 Å². The first-order chi connectivity index (χ1) is 13.1. The van der Waals surface area contributed by atoms with Gasteiger partial charge in [-0.3, -0.25) is 4.57 Å². The van der Waals surface area contributed by atoms with Crippen LogP contribution in [0.3, 0.4) is 0 Å². The molecule has 136 valence electrons. The molecule has 2 aromatic heterocycles. The van der Waals surface area contributed by atoms with Gasteiger partial charge in [-0.25, -0.2) is 14.4 Å². The van der Waals surface area contributed by atoms with Crippen molar-refractivity contribution in [1.82, 2.24) is 14.5 Å². The zero-order valence-corrected chi connectivity index (χ0v) is 16.8. The summed E-state index contributed by atoms with van der Waals surface area (Å²) in [5, 5.41) is 4.49. The molecule has 0 fully saturated rings. The van der Waals surface area contributed by atoms with Gasteiger partial charge in [-0.2, -0.15) is 0 Å². The summed E-state index contributed by atoms with van der Waals surface area (Å²) in [6.07, 6.45) is 3.59. The number of aromatic nitrogens is 3. The minimum Gasteiger partial charge on any atom is -0.287 e. The summed E-state index contributed by atoms with van der Waals surface area (Å²) < 4.78 is 15.9. The van der Waals surface area contributed by atoms with Crippen molar-refractivity contribution in [1.29, 1.82) is 0 Å². The van der Waals surface area contributed by atoms with Gasteiger partial charge >= 0.3 is 0 Å². The normalized spacial score (nSPS) is 11.1. The van der Waals surface area contributed by atoms with Gasteiger partial charge in [0.05, 0.1) is 17.6 Å². The van der Waals surface area contributed by atoms with E-state index in [-0.39, 0.29) is 5.82 Å². The smallest absolute Gasteiger partial charge is 0.173 e. The molecule has 0 atom stereocenters. The van der Waals surface area contributed by atoms with Crippen molar-refractivity contribution in [3.8, 4) is 16.9 Å². The highest BCUT2D eigenvalue weighted by molar-refractivity contribution is 7.98. The Labute approximate surface area is 169 Å². The average molecular weight is 416 g/mol. The quantitative estimate of drug-likeness (QED) is 0.354. The molecule has 0 unspecified atom stereocenters. The molecular formula is C20H15ClFN3S2. The van der Waals surface area contributed by atoms with Crippen molar-refractivity contribution < 1.29 is 4.39 Å². The van der Waals surface area contributed by atoms with E-state index in [4.69, 9.17) is 11.6 Å². The van der Waals surface area contributed by atoms with Gasteiger partial charge in [-0.15, -0.1) is 11.3 Å². The van der Waals surface area contributed by atoms with E-state index >= 15 is 0 Å². The maximum Gasteiger partial charge on any atom is 0.173 e. The Morgan fingerprint density at radius 3 is 2.70 bits per heavy atom. The standard InChI is InChI=1S/C20H15ClFN3S2/c1-13-2-5-15(22)10-17(13)18-11-24-20(27-12-19-23-8-9-26-19)25(18)16-6-3-14(21)4-7-16/h2-11H,12H2,1H3. The summed E-state index contributed by atoms with van der Waals surface area (Å²) in [4.78, 5) is 8.94. The summed E-state index contributed by atoms with van der Waals surface area (Å²) in [6, 6.07) is 12.4. The van der Waals surface area contributed by atoms with Crippen molar-refractivity contribution in [3.05, 3.63) is 81.6 Å².